The quantitative estimate of drug-likeness (QED) is 0.785. The minimum atomic E-state index is -4.70. The summed E-state index contributed by atoms with van der Waals surface area (Å²) in [6, 6.07) is 9.45. The van der Waals surface area contributed by atoms with Crippen LogP contribution < -0.4 is 4.74 Å². The predicted molar refractivity (Wildman–Crippen MR) is 82.2 cm³/mol. The molecular formula is C16H16F3NO2S. The molecule has 1 aromatic heterocycles. The van der Waals surface area contributed by atoms with E-state index in [9.17, 15) is 18.0 Å². The van der Waals surface area contributed by atoms with E-state index in [1.807, 2.05) is 17.5 Å². The Balaban J connectivity index is 1.84. The Morgan fingerprint density at radius 2 is 1.91 bits per heavy atom. The lowest BCUT2D eigenvalue weighted by Crippen LogP contribution is -2.26. The summed E-state index contributed by atoms with van der Waals surface area (Å²) in [5, 5.41) is 1.97. The van der Waals surface area contributed by atoms with Crippen LogP contribution in [0.3, 0.4) is 0 Å². The number of thiophene rings is 1. The van der Waals surface area contributed by atoms with Gasteiger partial charge in [0.2, 0.25) is 5.91 Å². The van der Waals surface area contributed by atoms with Crippen molar-refractivity contribution in [2.75, 3.05) is 7.05 Å². The highest BCUT2D eigenvalue weighted by Crippen LogP contribution is 2.23. The van der Waals surface area contributed by atoms with Gasteiger partial charge in [-0.05, 0) is 35.6 Å². The highest BCUT2D eigenvalue weighted by molar-refractivity contribution is 7.09. The summed E-state index contributed by atoms with van der Waals surface area (Å²) in [4.78, 5) is 14.8. The molecule has 2 rings (SSSR count). The van der Waals surface area contributed by atoms with Crippen molar-refractivity contribution in [3.05, 3.63) is 52.2 Å². The Morgan fingerprint density at radius 3 is 2.48 bits per heavy atom. The molecule has 7 heteroatoms. The number of ether oxygens (including phenoxy) is 1. The molecule has 0 unspecified atom stereocenters. The maximum absolute atomic E-state index is 12.1. The van der Waals surface area contributed by atoms with Gasteiger partial charge in [0.1, 0.15) is 5.75 Å². The summed E-state index contributed by atoms with van der Waals surface area (Å²) in [6.45, 7) is 0.343. The van der Waals surface area contributed by atoms with Crippen molar-refractivity contribution in [1.82, 2.24) is 4.90 Å². The van der Waals surface area contributed by atoms with Crippen LogP contribution in [-0.2, 0) is 17.8 Å². The fraction of sp³-hybridized carbons (Fsp3) is 0.312. The molecule has 0 N–H and O–H groups in total. The highest BCUT2D eigenvalue weighted by Gasteiger charge is 2.30. The van der Waals surface area contributed by atoms with Gasteiger partial charge in [0.25, 0.3) is 0 Å². The van der Waals surface area contributed by atoms with Crippen LogP contribution >= 0.6 is 11.3 Å². The Morgan fingerprint density at radius 1 is 1.22 bits per heavy atom. The van der Waals surface area contributed by atoms with E-state index in [2.05, 4.69) is 4.74 Å². The molecule has 1 amide bonds. The first-order valence-corrected chi connectivity index (χ1v) is 7.82. The molecule has 2 aromatic rings. The number of carbonyl (C=O) groups excluding carboxylic acids is 1. The SMILES string of the molecule is CN(Cc1ccc(OC(F)(F)F)cc1)C(=O)CCc1cccs1. The van der Waals surface area contributed by atoms with E-state index in [0.717, 1.165) is 10.4 Å². The second-order valence-corrected chi connectivity index (χ2v) is 6.05. The molecule has 0 aliphatic heterocycles. The lowest BCUT2D eigenvalue weighted by molar-refractivity contribution is -0.274. The maximum atomic E-state index is 12.1. The number of benzene rings is 1. The van der Waals surface area contributed by atoms with Crippen molar-refractivity contribution in [3.8, 4) is 5.75 Å². The summed E-state index contributed by atoms with van der Waals surface area (Å²) in [5.41, 5.74) is 0.742. The van der Waals surface area contributed by atoms with Gasteiger partial charge in [-0.2, -0.15) is 0 Å². The molecule has 1 heterocycles. The zero-order chi connectivity index (χ0) is 16.9. The largest absolute Gasteiger partial charge is 0.573 e. The summed E-state index contributed by atoms with van der Waals surface area (Å²) >= 11 is 1.61. The van der Waals surface area contributed by atoms with Crippen LogP contribution in [0.5, 0.6) is 5.75 Å². The smallest absolute Gasteiger partial charge is 0.406 e. The third kappa shape index (κ3) is 5.94. The fourth-order valence-electron chi connectivity index (χ4n) is 2.03. The Kier molecular flexibility index (Phi) is 5.65. The van der Waals surface area contributed by atoms with E-state index in [0.29, 0.717) is 19.4 Å². The van der Waals surface area contributed by atoms with E-state index in [1.165, 1.54) is 24.3 Å². The van der Waals surface area contributed by atoms with E-state index in [-0.39, 0.29) is 11.7 Å². The first-order valence-electron chi connectivity index (χ1n) is 6.94. The van der Waals surface area contributed by atoms with Crippen molar-refractivity contribution >= 4 is 17.2 Å². The number of hydrogen-bond acceptors (Lipinski definition) is 3. The van der Waals surface area contributed by atoms with E-state index < -0.39 is 6.36 Å². The van der Waals surface area contributed by atoms with E-state index in [4.69, 9.17) is 0 Å². The van der Waals surface area contributed by atoms with Crippen LogP contribution in [-0.4, -0.2) is 24.2 Å². The lowest BCUT2D eigenvalue weighted by atomic mass is 10.2. The Bertz CT molecular complexity index is 624. The van der Waals surface area contributed by atoms with Crippen LogP contribution in [0.15, 0.2) is 41.8 Å². The fourth-order valence-corrected chi connectivity index (χ4v) is 2.74. The second-order valence-electron chi connectivity index (χ2n) is 5.02. The molecule has 0 aliphatic carbocycles. The first-order chi connectivity index (χ1) is 10.8. The molecule has 3 nitrogen and oxygen atoms in total. The van der Waals surface area contributed by atoms with Gasteiger partial charge in [0.05, 0.1) is 0 Å². The van der Waals surface area contributed by atoms with Crippen LogP contribution in [0, 0.1) is 0 Å². The monoisotopic (exact) mass is 343 g/mol. The average molecular weight is 343 g/mol. The van der Waals surface area contributed by atoms with Gasteiger partial charge in [-0.15, -0.1) is 24.5 Å². The number of amides is 1. The standard InChI is InChI=1S/C16H16F3NO2S/c1-20(15(21)9-8-14-3-2-10-23-14)11-12-4-6-13(7-5-12)22-16(17,18)19/h2-7,10H,8-9,11H2,1H3. The highest BCUT2D eigenvalue weighted by atomic mass is 32.1. The van der Waals surface area contributed by atoms with Crippen LogP contribution in [0.2, 0.25) is 0 Å². The maximum Gasteiger partial charge on any atom is 0.573 e. The number of nitrogens with zero attached hydrogens (tertiary/aromatic N) is 1. The van der Waals surface area contributed by atoms with Gasteiger partial charge < -0.3 is 9.64 Å². The molecule has 0 aliphatic rings. The summed E-state index contributed by atoms with van der Waals surface area (Å²) in [6.07, 6.45) is -3.60. The van der Waals surface area contributed by atoms with Gasteiger partial charge >= 0.3 is 6.36 Å². The first kappa shape index (κ1) is 17.3. The zero-order valence-electron chi connectivity index (χ0n) is 12.5. The van der Waals surface area contributed by atoms with Gasteiger partial charge in [-0.25, -0.2) is 0 Å². The molecule has 23 heavy (non-hydrogen) atoms. The summed E-state index contributed by atoms with van der Waals surface area (Å²) in [5.74, 6) is -0.276. The normalized spacial score (nSPS) is 11.3. The molecular weight excluding hydrogens is 327 g/mol. The Labute approximate surface area is 136 Å². The third-order valence-electron chi connectivity index (χ3n) is 3.17. The molecule has 0 radical (unpaired) electrons. The van der Waals surface area contributed by atoms with Crippen LogP contribution in [0.4, 0.5) is 13.2 Å². The van der Waals surface area contributed by atoms with Gasteiger partial charge in [-0.1, -0.05) is 18.2 Å². The molecule has 1 aromatic carbocycles. The number of carbonyl (C=O) groups is 1. The summed E-state index contributed by atoms with van der Waals surface area (Å²) in [7, 11) is 1.68. The number of alkyl halides is 3. The predicted octanol–water partition coefficient (Wildman–Crippen LogP) is 4.24. The van der Waals surface area contributed by atoms with Crippen molar-refractivity contribution in [1.29, 1.82) is 0 Å². The molecule has 0 spiro atoms. The number of rotatable bonds is 6. The third-order valence-corrected chi connectivity index (χ3v) is 4.10. The number of hydrogen-bond donors (Lipinski definition) is 0. The molecule has 124 valence electrons. The molecule has 0 saturated heterocycles. The summed E-state index contributed by atoms with van der Waals surface area (Å²) < 4.78 is 40.1. The van der Waals surface area contributed by atoms with Crippen LogP contribution in [0.1, 0.15) is 16.9 Å². The van der Waals surface area contributed by atoms with Gasteiger partial charge in [0, 0.05) is 24.9 Å². The van der Waals surface area contributed by atoms with E-state index >= 15 is 0 Å². The van der Waals surface area contributed by atoms with Gasteiger partial charge in [-0.3, -0.25) is 4.79 Å². The van der Waals surface area contributed by atoms with E-state index in [1.54, 1.807) is 23.3 Å². The molecule has 0 atom stereocenters. The van der Waals surface area contributed by atoms with Crippen LogP contribution in [0.25, 0.3) is 0 Å². The molecule has 0 saturated carbocycles. The Hall–Kier alpha value is -2.02. The molecule has 0 fully saturated rings. The van der Waals surface area contributed by atoms with Gasteiger partial charge in [0.15, 0.2) is 0 Å². The van der Waals surface area contributed by atoms with Crippen molar-refractivity contribution in [3.63, 3.8) is 0 Å². The molecule has 0 bridgehead atoms. The topological polar surface area (TPSA) is 29.5 Å². The minimum Gasteiger partial charge on any atom is -0.406 e. The van der Waals surface area contributed by atoms with Crippen molar-refractivity contribution in [2.24, 2.45) is 0 Å². The van der Waals surface area contributed by atoms with Crippen molar-refractivity contribution < 1.29 is 22.7 Å². The second kappa shape index (κ2) is 7.50. The number of aryl methyl sites for hydroxylation is 1. The lowest BCUT2D eigenvalue weighted by Gasteiger charge is -2.17. The average Bonchev–Trinajstić information content (AvgIpc) is 2.98. The number of halogens is 3. The zero-order valence-corrected chi connectivity index (χ0v) is 13.3. The minimum absolute atomic E-state index is 0.00554. The van der Waals surface area contributed by atoms with Crippen molar-refractivity contribution in [2.45, 2.75) is 25.7 Å².